The number of likely N-dealkylation sites (N-methyl/N-ethyl adjacent to an activating group) is 1. The lowest BCUT2D eigenvalue weighted by Gasteiger charge is -2.18. The first kappa shape index (κ1) is 24.9. The molecule has 0 aliphatic heterocycles. The summed E-state index contributed by atoms with van der Waals surface area (Å²) in [5.41, 5.74) is 0. The van der Waals surface area contributed by atoms with E-state index in [1.807, 2.05) is 0 Å². The van der Waals surface area contributed by atoms with Crippen molar-refractivity contribution in [1.82, 2.24) is 30.3 Å². The Labute approximate surface area is 186 Å². The Morgan fingerprint density at radius 3 is 2.73 bits per heavy atom. The molecule has 0 atom stereocenters. The molecule has 1 aromatic rings. The average molecular weight is 440 g/mol. The van der Waals surface area contributed by atoms with Crippen LogP contribution in [0.5, 0.6) is 0 Å². The van der Waals surface area contributed by atoms with Crippen LogP contribution in [0, 0.1) is 0 Å². The van der Waals surface area contributed by atoms with Gasteiger partial charge < -0.3 is 24.8 Å². The summed E-state index contributed by atoms with van der Waals surface area (Å²) in [5.74, 6) is 2.02. The summed E-state index contributed by atoms with van der Waals surface area (Å²) >= 11 is 1.70. The Hall–Kier alpha value is -1.32. The summed E-state index contributed by atoms with van der Waals surface area (Å²) in [7, 11) is 3.89. The molecule has 8 nitrogen and oxygen atoms in total. The molecule has 0 aromatic carbocycles. The molecule has 1 aliphatic carbocycles. The van der Waals surface area contributed by atoms with Crippen molar-refractivity contribution in [3.63, 3.8) is 0 Å². The normalized spacial score (nSPS) is 15.3. The number of guanidine groups is 1. The molecule has 2 rings (SSSR count). The smallest absolute Gasteiger partial charge is 0.191 e. The number of aliphatic imine (C=N–C) groups is 1. The third-order valence-electron chi connectivity index (χ3n) is 5.45. The first-order valence-electron chi connectivity index (χ1n) is 11.4. The van der Waals surface area contributed by atoms with E-state index >= 15 is 0 Å². The molecule has 1 aromatic heterocycles. The van der Waals surface area contributed by atoms with E-state index in [-0.39, 0.29) is 0 Å². The third-order valence-corrected chi connectivity index (χ3v) is 6.10. The zero-order chi connectivity index (χ0) is 21.6. The fourth-order valence-corrected chi connectivity index (χ4v) is 4.45. The van der Waals surface area contributed by atoms with Gasteiger partial charge in [-0.15, -0.1) is 10.2 Å². The van der Waals surface area contributed by atoms with Gasteiger partial charge in [0.25, 0.3) is 0 Å². The summed E-state index contributed by atoms with van der Waals surface area (Å²) in [6.45, 7) is 7.46. The van der Waals surface area contributed by atoms with Crippen LogP contribution in [0.4, 0.5) is 0 Å². The number of hydrogen-bond donors (Lipinski definition) is 2. The maximum absolute atomic E-state index is 5.12. The van der Waals surface area contributed by atoms with Gasteiger partial charge in [-0.3, -0.25) is 4.99 Å². The van der Waals surface area contributed by atoms with Gasteiger partial charge in [0, 0.05) is 58.9 Å². The lowest BCUT2D eigenvalue weighted by atomic mass is 10.2. The van der Waals surface area contributed by atoms with E-state index < -0.39 is 0 Å². The van der Waals surface area contributed by atoms with Crippen LogP contribution >= 0.6 is 11.8 Å². The number of aryl methyl sites for hydroxylation is 1. The molecule has 0 unspecified atom stereocenters. The van der Waals surface area contributed by atoms with Gasteiger partial charge in [-0.25, -0.2) is 0 Å². The van der Waals surface area contributed by atoms with E-state index in [0.717, 1.165) is 75.5 Å². The number of methoxy groups -OCH3 is 1. The minimum atomic E-state index is 0.584. The minimum absolute atomic E-state index is 0.584. The van der Waals surface area contributed by atoms with Crippen molar-refractivity contribution in [3.8, 4) is 0 Å². The van der Waals surface area contributed by atoms with Crippen LogP contribution in [0.3, 0.4) is 0 Å². The van der Waals surface area contributed by atoms with Crippen LogP contribution in [-0.2, 0) is 11.2 Å². The monoisotopic (exact) mass is 439 g/mol. The molecule has 30 heavy (non-hydrogen) atoms. The van der Waals surface area contributed by atoms with Crippen LogP contribution in [0.15, 0.2) is 10.1 Å². The van der Waals surface area contributed by atoms with Gasteiger partial charge >= 0.3 is 0 Å². The summed E-state index contributed by atoms with van der Waals surface area (Å²) in [6.07, 6.45) is 10.2. The minimum Gasteiger partial charge on any atom is -0.385 e. The Bertz CT molecular complexity index is 616. The van der Waals surface area contributed by atoms with Crippen LogP contribution in [0.2, 0.25) is 0 Å². The molecular weight excluding hydrogens is 398 g/mol. The topological polar surface area (TPSA) is 79.6 Å². The number of rotatable bonds is 14. The fraction of sp³-hybridized carbons (Fsp3) is 0.857. The molecule has 0 amide bonds. The van der Waals surface area contributed by atoms with Crippen molar-refractivity contribution in [1.29, 1.82) is 0 Å². The van der Waals surface area contributed by atoms with Crippen molar-refractivity contribution >= 4 is 17.7 Å². The molecule has 0 spiro atoms. The molecule has 0 saturated heterocycles. The number of nitrogens with one attached hydrogen (secondary N) is 2. The predicted molar refractivity (Wildman–Crippen MR) is 126 cm³/mol. The number of nitrogens with zero attached hydrogens (tertiary/aromatic N) is 5. The molecule has 2 N–H and O–H groups in total. The van der Waals surface area contributed by atoms with Crippen molar-refractivity contribution in [2.75, 3.05) is 59.7 Å². The van der Waals surface area contributed by atoms with E-state index in [1.165, 1.54) is 25.7 Å². The molecule has 1 aliphatic rings. The maximum Gasteiger partial charge on any atom is 0.191 e. The van der Waals surface area contributed by atoms with Gasteiger partial charge in [0.05, 0.1) is 0 Å². The summed E-state index contributed by atoms with van der Waals surface area (Å²) in [4.78, 5) is 7.06. The van der Waals surface area contributed by atoms with Gasteiger partial charge in [-0.05, 0) is 45.9 Å². The fourth-order valence-electron chi connectivity index (χ4n) is 3.87. The lowest BCUT2D eigenvalue weighted by Crippen LogP contribution is -2.41. The highest BCUT2D eigenvalue weighted by atomic mass is 32.2. The van der Waals surface area contributed by atoms with E-state index in [2.05, 4.69) is 50.5 Å². The van der Waals surface area contributed by atoms with Gasteiger partial charge in [-0.2, -0.15) is 0 Å². The quantitative estimate of drug-likeness (QED) is 0.200. The number of ether oxygens (including phenoxy) is 1. The second-order valence-corrected chi connectivity index (χ2v) is 8.63. The molecule has 9 heteroatoms. The molecule has 0 bridgehead atoms. The molecule has 1 heterocycles. The van der Waals surface area contributed by atoms with E-state index in [1.54, 1.807) is 18.9 Å². The van der Waals surface area contributed by atoms with E-state index in [4.69, 9.17) is 9.73 Å². The van der Waals surface area contributed by atoms with Crippen LogP contribution in [0.25, 0.3) is 0 Å². The Kier molecular flexibility index (Phi) is 12.2. The van der Waals surface area contributed by atoms with Crippen molar-refractivity contribution < 1.29 is 4.74 Å². The predicted octanol–water partition coefficient (Wildman–Crippen LogP) is 2.57. The number of aromatic nitrogens is 3. The maximum atomic E-state index is 5.12. The average Bonchev–Trinajstić information content (AvgIpc) is 3.40. The molecule has 1 saturated carbocycles. The second-order valence-electron chi connectivity index (χ2n) is 7.85. The molecule has 0 radical (unpaired) electrons. The third kappa shape index (κ3) is 8.43. The van der Waals surface area contributed by atoms with Crippen LogP contribution in [-0.4, -0.2) is 85.4 Å². The standard InChI is InChI=1S/C21H41N7OS/c1-5-22-20(24-14-16-27(2)15-9-17-29-3)23-13-8-12-19-25-26-21(30-4)28(19)18-10-6-7-11-18/h18H,5-17H2,1-4H3,(H2,22,23,24). The first-order chi connectivity index (χ1) is 14.7. The van der Waals surface area contributed by atoms with Gasteiger partial charge in [-0.1, -0.05) is 24.6 Å². The van der Waals surface area contributed by atoms with Crippen molar-refractivity contribution in [2.24, 2.45) is 4.99 Å². The summed E-state index contributed by atoms with van der Waals surface area (Å²) < 4.78 is 7.51. The SMILES string of the molecule is CCNC(=NCCCc1nnc(SC)n1C1CCCC1)NCCN(C)CCCOC. The van der Waals surface area contributed by atoms with Crippen LogP contribution < -0.4 is 10.6 Å². The number of thioether (sulfide) groups is 1. The summed E-state index contributed by atoms with van der Waals surface area (Å²) in [5, 5.41) is 16.7. The van der Waals surface area contributed by atoms with Gasteiger partial charge in [0.1, 0.15) is 5.82 Å². The Morgan fingerprint density at radius 2 is 2.03 bits per heavy atom. The zero-order valence-electron chi connectivity index (χ0n) is 19.3. The van der Waals surface area contributed by atoms with Gasteiger partial charge in [0.15, 0.2) is 11.1 Å². The van der Waals surface area contributed by atoms with Crippen LogP contribution in [0.1, 0.15) is 57.3 Å². The molecular formula is C21H41N7OS. The van der Waals surface area contributed by atoms with Crippen molar-refractivity contribution in [2.45, 2.75) is 63.1 Å². The highest BCUT2D eigenvalue weighted by Crippen LogP contribution is 2.33. The van der Waals surface area contributed by atoms with Crippen molar-refractivity contribution in [3.05, 3.63) is 5.82 Å². The molecule has 1 fully saturated rings. The number of hydrogen-bond acceptors (Lipinski definition) is 6. The highest BCUT2D eigenvalue weighted by molar-refractivity contribution is 7.98. The zero-order valence-corrected chi connectivity index (χ0v) is 20.1. The van der Waals surface area contributed by atoms with E-state index in [9.17, 15) is 0 Å². The summed E-state index contributed by atoms with van der Waals surface area (Å²) in [6, 6.07) is 0.584. The Balaban J connectivity index is 1.77. The first-order valence-corrected chi connectivity index (χ1v) is 12.6. The largest absolute Gasteiger partial charge is 0.385 e. The van der Waals surface area contributed by atoms with E-state index in [0.29, 0.717) is 6.04 Å². The lowest BCUT2D eigenvalue weighted by molar-refractivity contribution is 0.180. The highest BCUT2D eigenvalue weighted by Gasteiger charge is 2.23. The molecule has 172 valence electrons. The second kappa shape index (κ2) is 14.6. The Morgan fingerprint density at radius 1 is 1.23 bits per heavy atom. The van der Waals surface area contributed by atoms with Gasteiger partial charge in [0.2, 0.25) is 0 Å².